The van der Waals surface area contributed by atoms with Gasteiger partial charge in [-0.05, 0) is 30.5 Å². The summed E-state index contributed by atoms with van der Waals surface area (Å²) < 4.78 is 5.08. The molecule has 0 aromatic heterocycles. The minimum Gasteiger partial charge on any atom is -0.497 e. The van der Waals surface area contributed by atoms with Gasteiger partial charge in [-0.3, -0.25) is 0 Å². The average Bonchev–Trinajstić information content (AvgIpc) is 2.19. The molecular weight excluding hydrogens is 160 g/mol. The highest BCUT2D eigenvalue weighted by Crippen LogP contribution is 2.14. The second kappa shape index (κ2) is 5.63. The van der Waals surface area contributed by atoms with Gasteiger partial charge in [-0.25, -0.2) is 0 Å². The summed E-state index contributed by atoms with van der Waals surface area (Å²) in [6.45, 7) is 2.21. The number of hydrogen-bond donors (Lipinski definition) is 0. The van der Waals surface area contributed by atoms with Gasteiger partial charge in [0.15, 0.2) is 0 Å². The molecule has 0 fully saturated rings. The quantitative estimate of drug-likeness (QED) is 0.626. The van der Waals surface area contributed by atoms with E-state index in [1.807, 2.05) is 12.1 Å². The first kappa shape index (κ1) is 10.1. The van der Waals surface area contributed by atoms with E-state index in [4.69, 9.17) is 4.74 Å². The fraction of sp³-hybridized carbons (Fsp3) is 0.417. The molecule has 0 bridgehead atoms. The standard InChI is InChI=1S/C12H17O/c1-3-4-5-6-11-7-9-12(13-2)10-8-11/h6-10H,3-5H2,1-2H3. The molecule has 13 heavy (non-hydrogen) atoms. The molecule has 1 radical (unpaired) electrons. The van der Waals surface area contributed by atoms with Crippen molar-refractivity contribution in [1.29, 1.82) is 0 Å². The van der Waals surface area contributed by atoms with E-state index >= 15 is 0 Å². The van der Waals surface area contributed by atoms with Crippen LogP contribution in [0.1, 0.15) is 31.7 Å². The summed E-state index contributed by atoms with van der Waals surface area (Å²) >= 11 is 0. The average molecular weight is 177 g/mol. The summed E-state index contributed by atoms with van der Waals surface area (Å²) in [5.74, 6) is 0.924. The highest BCUT2D eigenvalue weighted by atomic mass is 16.5. The predicted molar refractivity (Wildman–Crippen MR) is 55.9 cm³/mol. The Labute approximate surface area is 80.7 Å². The molecule has 0 unspecified atom stereocenters. The normalized spacial score (nSPS) is 10.0. The van der Waals surface area contributed by atoms with Crippen LogP contribution in [0.15, 0.2) is 24.3 Å². The molecule has 0 aliphatic carbocycles. The molecule has 1 nitrogen and oxygen atoms in total. The minimum atomic E-state index is 0.924. The third-order valence-corrected chi connectivity index (χ3v) is 2.05. The van der Waals surface area contributed by atoms with Crippen molar-refractivity contribution in [2.24, 2.45) is 0 Å². The summed E-state index contributed by atoms with van der Waals surface area (Å²) in [7, 11) is 1.69. The van der Waals surface area contributed by atoms with Gasteiger partial charge in [0, 0.05) is 0 Å². The van der Waals surface area contributed by atoms with Crippen LogP contribution in [0.3, 0.4) is 0 Å². The molecule has 71 valence electrons. The topological polar surface area (TPSA) is 9.23 Å². The third kappa shape index (κ3) is 3.49. The van der Waals surface area contributed by atoms with E-state index in [1.165, 1.54) is 24.8 Å². The molecule has 0 amide bonds. The van der Waals surface area contributed by atoms with Gasteiger partial charge in [-0.1, -0.05) is 31.9 Å². The first-order chi connectivity index (χ1) is 6.36. The van der Waals surface area contributed by atoms with Gasteiger partial charge in [-0.2, -0.15) is 0 Å². The Morgan fingerprint density at radius 1 is 1.23 bits per heavy atom. The molecule has 1 aromatic carbocycles. The Bertz CT molecular complexity index is 225. The summed E-state index contributed by atoms with van der Waals surface area (Å²) in [6.07, 6.45) is 5.96. The highest BCUT2D eigenvalue weighted by molar-refractivity contribution is 5.30. The third-order valence-electron chi connectivity index (χ3n) is 2.05. The van der Waals surface area contributed by atoms with Gasteiger partial charge in [0.05, 0.1) is 7.11 Å². The fourth-order valence-electron chi connectivity index (χ4n) is 1.21. The molecule has 0 atom stereocenters. The molecule has 1 aromatic rings. The predicted octanol–water partition coefficient (Wildman–Crippen LogP) is 3.44. The first-order valence-electron chi connectivity index (χ1n) is 4.84. The summed E-state index contributed by atoms with van der Waals surface area (Å²) in [5, 5.41) is 0. The number of methoxy groups -OCH3 is 1. The molecule has 0 aliphatic rings. The van der Waals surface area contributed by atoms with E-state index in [0.717, 1.165) is 5.75 Å². The van der Waals surface area contributed by atoms with Crippen molar-refractivity contribution in [3.05, 3.63) is 36.2 Å². The van der Waals surface area contributed by atoms with E-state index in [2.05, 4.69) is 25.5 Å². The van der Waals surface area contributed by atoms with Crippen molar-refractivity contribution in [2.75, 3.05) is 7.11 Å². The zero-order chi connectivity index (χ0) is 9.52. The molecule has 0 N–H and O–H groups in total. The van der Waals surface area contributed by atoms with Gasteiger partial charge in [-0.15, -0.1) is 0 Å². The van der Waals surface area contributed by atoms with Crippen molar-refractivity contribution in [1.82, 2.24) is 0 Å². The lowest BCUT2D eigenvalue weighted by molar-refractivity contribution is 0.414. The lowest BCUT2D eigenvalue weighted by atomic mass is 10.1. The number of unbranched alkanes of at least 4 members (excludes halogenated alkanes) is 2. The van der Waals surface area contributed by atoms with E-state index < -0.39 is 0 Å². The van der Waals surface area contributed by atoms with Gasteiger partial charge in [0.2, 0.25) is 0 Å². The van der Waals surface area contributed by atoms with Crippen LogP contribution in [0.4, 0.5) is 0 Å². The largest absolute Gasteiger partial charge is 0.497 e. The van der Waals surface area contributed by atoms with Gasteiger partial charge in [0.25, 0.3) is 0 Å². The molecule has 1 rings (SSSR count). The maximum Gasteiger partial charge on any atom is 0.118 e. The summed E-state index contributed by atoms with van der Waals surface area (Å²) in [4.78, 5) is 0. The monoisotopic (exact) mass is 177 g/mol. The summed E-state index contributed by atoms with van der Waals surface area (Å²) in [5.41, 5.74) is 1.29. The van der Waals surface area contributed by atoms with Crippen molar-refractivity contribution in [3.63, 3.8) is 0 Å². The minimum absolute atomic E-state index is 0.924. The Kier molecular flexibility index (Phi) is 4.37. The van der Waals surface area contributed by atoms with Gasteiger partial charge in [0.1, 0.15) is 5.75 Å². The maximum atomic E-state index is 5.08. The molecular formula is C12H17O. The van der Waals surface area contributed by atoms with Crippen LogP contribution in [0.5, 0.6) is 5.75 Å². The van der Waals surface area contributed by atoms with Crippen LogP contribution in [0.2, 0.25) is 0 Å². The van der Waals surface area contributed by atoms with Crippen LogP contribution >= 0.6 is 0 Å². The highest BCUT2D eigenvalue weighted by Gasteiger charge is 1.94. The first-order valence-corrected chi connectivity index (χ1v) is 4.84. The number of rotatable bonds is 5. The Morgan fingerprint density at radius 2 is 1.92 bits per heavy atom. The van der Waals surface area contributed by atoms with E-state index in [1.54, 1.807) is 7.11 Å². The smallest absolute Gasteiger partial charge is 0.118 e. The lowest BCUT2D eigenvalue weighted by Crippen LogP contribution is -1.84. The van der Waals surface area contributed by atoms with Crippen molar-refractivity contribution < 1.29 is 4.74 Å². The van der Waals surface area contributed by atoms with Crippen molar-refractivity contribution in [2.45, 2.75) is 26.2 Å². The zero-order valence-corrected chi connectivity index (χ0v) is 8.42. The fourth-order valence-corrected chi connectivity index (χ4v) is 1.21. The van der Waals surface area contributed by atoms with Crippen LogP contribution in [-0.4, -0.2) is 7.11 Å². The number of ether oxygens (including phenoxy) is 1. The van der Waals surface area contributed by atoms with Crippen LogP contribution in [-0.2, 0) is 0 Å². The van der Waals surface area contributed by atoms with E-state index in [0.29, 0.717) is 0 Å². The van der Waals surface area contributed by atoms with Gasteiger partial charge < -0.3 is 4.74 Å². The van der Waals surface area contributed by atoms with Crippen molar-refractivity contribution in [3.8, 4) is 5.75 Å². The van der Waals surface area contributed by atoms with Gasteiger partial charge >= 0.3 is 0 Å². The Hall–Kier alpha value is -0.980. The molecule has 0 heterocycles. The molecule has 0 spiro atoms. The number of benzene rings is 1. The molecule has 0 aliphatic heterocycles. The Morgan fingerprint density at radius 3 is 2.46 bits per heavy atom. The molecule has 0 saturated heterocycles. The van der Waals surface area contributed by atoms with Crippen LogP contribution < -0.4 is 4.74 Å². The van der Waals surface area contributed by atoms with E-state index in [-0.39, 0.29) is 0 Å². The Balaban J connectivity index is 2.40. The second-order valence-corrected chi connectivity index (χ2v) is 3.12. The zero-order valence-electron chi connectivity index (χ0n) is 8.42. The van der Waals surface area contributed by atoms with Crippen LogP contribution in [0.25, 0.3) is 0 Å². The van der Waals surface area contributed by atoms with Crippen LogP contribution in [0, 0.1) is 6.42 Å². The lowest BCUT2D eigenvalue weighted by Gasteiger charge is -2.02. The molecule has 0 saturated carbocycles. The number of hydrogen-bond acceptors (Lipinski definition) is 1. The molecule has 1 heteroatoms. The SMILES string of the molecule is CCCC[CH]c1ccc(OC)cc1. The maximum absolute atomic E-state index is 5.08. The summed E-state index contributed by atoms with van der Waals surface area (Å²) in [6, 6.07) is 8.18. The van der Waals surface area contributed by atoms with E-state index in [9.17, 15) is 0 Å². The van der Waals surface area contributed by atoms with Crippen molar-refractivity contribution >= 4 is 0 Å². The second-order valence-electron chi connectivity index (χ2n) is 3.12.